The van der Waals surface area contributed by atoms with Gasteiger partial charge in [0.1, 0.15) is 41.3 Å². The average Bonchev–Trinajstić information content (AvgIpc) is 2.75. The van der Waals surface area contributed by atoms with E-state index in [1.807, 2.05) is 44.2 Å². The molecule has 7 heteroatoms. The summed E-state index contributed by atoms with van der Waals surface area (Å²) in [5, 5.41) is 13.7. The highest BCUT2D eigenvalue weighted by atomic mass is 16.5. The molecule has 5 rings (SSSR count). The second-order valence-corrected chi connectivity index (χ2v) is 8.07. The lowest BCUT2D eigenvalue weighted by Crippen LogP contribution is -2.43. The van der Waals surface area contributed by atoms with Gasteiger partial charge in [-0.3, -0.25) is 0 Å². The van der Waals surface area contributed by atoms with Gasteiger partial charge >= 0.3 is 0 Å². The first-order chi connectivity index (χ1) is 14.5. The number of hydrogen-bond acceptors (Lipinski definition) is 7. The van der Waals surface area contributed by atoms with Gasteiger partial charge in [-0.15, -0.1) is 0 Å². The molecular formula is C23H23NO6. The lowest BCUT2D eigenvalue weighted by molar-refractivity contribution is 0.0951. The van der Waals surface area contributed by atoms with E-state index in [9.17, 15) is 5.21 Å². The second kappa shape index (κ2) is 6.58. The van der Waals surface area contributed by atoms with E-state index in [4.69, 9.17) is 23.7 Å². The summed E-state index contributed by atoms with van der Waals surface area (Å²) < 4.78 is 29.3. The first-order valence-electron chi connectivity index (χ1n) is 9.78. The molecule has 3 aliphatic rings. The van der Waals surface area contributed by atoms with E-state index < -0.39 is 5.60 Å². The molecule has 3 heterocycles. The van der Waals surface area contributed by atoms with Crippen molar-refractivity contribution in [2.75, 3.05) is 20.8 Å². The average molecular weight is 409 g/mol. The molecule has 0 aromatic heterocycles. The van der Waals surface area contributed by atoms with Crippen molar-refractivity contribution >= 4 is 11.8 Å². The smallest absolute Gasteiger partial charge is 0.164 e. The van der Waals surface area contributed by atoms with Crippen LogP contribution in [0.1, 0.15) is 36.5 Å². The zero-order valence-electron chi connectivity index (χ0n) is 17.3. The molecule has 0 saturated carbocycles. The van der Waals surface area contributed by atoms with E-state index in [2.05, 4.69) is 5.16 Å². The third-order valence-corrected chi connectivity index (χ3v) is 5.75. The molecule has 0 radical (unpaired) electrons. The first-order valence-corrected chi connectivity index (χ1v) is 9.78. The number of hydrogen-bond donors (Lipinski definition) is 1. The summed E-state index contributed by atoms with van der Waals surface area (Å²) in [6, 6.07) is 7.42. The Balaban J connectivity index is 1.65. The van der Waals surface area contributed by atoms with Gasteiger partial charge in [0.15, 0.2) is 11.5 Å². The molecule has 2 unspecified atom stereocenters. The number of ether oxygens (including phenoxy) is 5. The first kappa shape index (κ1) is 18.7. The van der Waals surface area contributed by atoms with Crippen LogP contribution >= 0.6 is 0 Å². The summed E-state index contributed by atoms with van der Waals surface area (Å²) in [4.78, 5) is 0. The van der Waals surface area contributed by atoms with E-state index in [-0.39, 0.29) is 12.0 Å². The third-order valence-electron chi connectivity index (χ3n) is 5.75. The van der Waals surface area contributed by atoms with Crippen LogP contribution in [0.15, 0.2) is 35.5 Å². The Hall–Kier alpha value is -3.35. The van der Waals surface area contributed by atoms with E-state index >= 15 is 0 Å². The van der Waals surface area contributed by atoms with Gasteiger partial charge in [0.2, 0.25) is 0 Å². The van der Waals surface area contributed by atoms with Crippen LogP contribution < -0.4 is 23.7 Å². The Bertz CT molecular complexity index is 1090. The SMILES string of the molecule is COc1cc2c(cc1OC)C1/C(=N/O)c3ccc4c(c3OC1CO2)C=CC(C)(C)O4. The molecule has 7 nitrogen and oxygen atoms in total. The van der Waals surface area contributed by atoms with Gasteiger partial charge in [-0.2, -0.15) is 0 Å². The molecular weight excluding hydrogens is 386 g/mol. The molecule has 0 amide bonds. The minimum Gasteiger partial charge on any atom is -0.493 e. The molecule has 1 N–H and O–H groups in total. The monoisotopic (exact) mass is 409 g/mol. The summed E-state index contributed by atoms with van der Waals surface area (Å²) in [7, 11) is 3.16. The van der Waals surface area contributed by atoms with Crippen molar-refractivity contribution in [3.63, 3.8) is 0 Å². The van der Waals surface area contributed by atoms with Crippen LogP contribution in [0.5, 0.6) is 28.7 Å². The normalized spacial score (nSPS) is 23.7. The lowest BCUT2D eigenvalue weighted by atomic mass is 9.80. The zero-order chi connectivity index (χ0) is 21.0. The van der Waals surface area contributed by atoms with E-state index in [0.717, 1.165) is 22.4 Å². The van der Waals surface area contributed by atoms with Crippen LogP contribution in [0.4, 0.5) is 0 Å². The number of rotatable bonds is 2. The number of methoxy groups -OCH3 is 2. The van der Waals surface area contributed by atoms with Crippen molar-refractivity contribution in [1.82, 2.24) is 0 Å². The summed E-state index contributed by atoms with van der Waals surface area (Å²) in [6.07, 6.45) is 3.63. The zero-order valence-corrected chi connectivity index (χ0v) is 17.3. The molecule has 0 spiro atoms. The van der Waals surface area contributed by atoms with Gasteiger partial charge in [0.25, 0.3) is 0 Å². The second-order valence-electron chi connectivity index (χ2n) is 8.07. The van der Waals surface area contributed by atoms with Crippen molar-refractivity contribution in [1.29, 1.82) is 0 Å². The molecule has 156 valence electrons. The van der Waals surface area contributed by atoms with E-state index in [1.54, 1.807) is 20.3 Å². The van der Waals surface area contributed by atoms with Gasteiger partial charge < -0.3 is 28.9 Å². The highest BCUT2D eigenvalue weighted by molar-refractivity contribution is 6.09. The predicted molar refractivity (Wildman–Crippen MR) is 111 cm³/mol. The molecule has 2 aromatic rings. The standard InChI is InChI=1S/C23H23NO6/c1-23(2)8-7-12-15(30-23)6-5-13-21(24-25)20-14-9-17(26-3)18(27-4)10-16(14)28-11-19(20)29-22(12)13/h5-10,19-20,25H,11H2,1-4H3/b24-21+. The highest BCUT2D eigenvalue weighted by Gasteiger charge is 2.44. The molecule has 3 aliphatic heterocycles. The Morgan fingerprint density at radius 2 is 1.87 bits per heavy atom. The fourth-order valence-corrected chi connectivity index (χ4v) is 4.33. The maximum Gasteiger partial charge on any atom is 0.164 e. The fraction of sp³-hybridized carbons (Fsp3) is 0.348. The van der Waals surface area contributed by atoms with Gasteiger partial charge in [-0.05, 0) is 44.2 Å². The summed E-state index contributed by atoms with van der Waals surface area (Å²) in [6.45, 7) is 4.30. The maximum absolute atomic E-state index is 10.0. The Labute approximate surface area is 174 Å². The van der Waals surface area contributed by atoms with Crippen LogP contribution in [-0.4, -0.2) is 43.5 Å². The number of oxime groups is 1. The Kier molecular flexibility index (Phi) is 4.10. The van der Waals surface area contributed by atoms with Crippen molar-refractivity contribution < 1.29 is 28.9 Å². The summed E-state index contributed by atoms with van der Waals surface area (Å²) in [5.74, 6) is 2.88. The van der Waals surface area contributed by atoms with E-state index in [1.165, 1.54) is 0 Å². The third kappa shape index (κ3) is 2.69. The summed E-state index contributed by atoms with van der Waals surface area (Å²) >= 11 is 0. The topological polar surface area (TPSA) is 78.7 Å². The van der Waals surface area contributed by atoms with Crippen molar-refractivity contribution in [2.45, 2.75) is 31.5 Å². The van der Waals surface area contributed by atoms with Gasteiger partial charge in [-0.25, -0.2) is 0 Å². The van der Waals surface area contributed by atoms with E-state index in [0.29, 0.717) is 35.3 Å². The molecule has 0 saturated heterocycles. The molecule has 0 fully saturated rings. The maximum atomic E-state index is 10.0. The Morgan fingerprint density at radius 3 is 2.60 bits per heavy atom. The summed E-state index contributed by atoms with van der Waals surface area (Å²) in [5.41, 5.74) is 2.53. The number of nitrogens with zero attached hydrogens (tertiary/aromatic N) is 1. The van der Waals surface area contributed by atoms with Crippen molar-refractivity contribution in [3.05, 3.63) is 47.0 Å². The minimum atomic E-state index is -0.394. The van der Waals surface area contributed by atoms with Crippen molar-refractivity contribution in [3.8, 4) is 28.7 Å². The van der Waals surface area contributed by atoms with Gasteiger partial charge in [0.05, 0.1) is 25.7 Å². The largest absolute Gasteiger partial charge is 0.493 e. The molecule has 2 aromatic carbocycles. The van der Waals surface area contributed by atoms with Crippen LogP contribution in [0, 0.1) is 0 Å². The van der Waals surface area contributed by atoms with Gasteiger partial charge in [0, 0.05) is 17.2 Å². The quantitative estimate of drug-likeness (QED) is 0.597. The van der Waals surface area contributed by atoms with Gasteiger partial charge in [-0.1, -0.05) is 5.16 Å². The minimum absolute atomic E-state index is 0.311. The van der Waals surface area contributed by atoms with Crippen LogP contribution in [0.2, 0.25) is 0 Å². The molecule has 0 aliphatic carbocycles. The Morgan fingerprint density at radius 1 is 1.10 bits per heavy atom. The molecule has 2 atom stereocenters. The highest BCUT2D eigenvalue weighted by Crippen LogP contribution is 2.49. The van der Waals surface area contributed by atoms with Crippen LogP contribution in [0.25, 0.3) is 6.08 Å². The van der Waals surface area contributed by atoms with Crippen LogP contribution in [0.3, 0.4) is 0 Å². The number of benzene rings is 2. The fourth-order valence-electron chi connectivity index (χ4n) is 4.33. The lowest BCUT2D eigenvalue weighted by Gasteiger charge is -2.40. The van der Waals surface area contributed by atoms with Crippen LogP contribution in [-0.2, 0) is 0 Å². The predicted octanol–water partition coefficient (Wildman–Crippen LogP) is 4.00. The molecule has 30 heavy (non-hydrogen) atoms. The number of fused-ring (bicyclic) bond motifs is 6. The molecule has 0 bridgehead atoms. The van der Waals surface area contributed by atoms with Crippen molar-refractivity contribution in [2.24, 2.45) is 5.16 Å².